The molecule has 0 atom stereocenters. The maximum Gasteiger partial charge on any atom is 0.334 e. The highest BCUT2D eigenvalue weighted by molar-refractivity contribution is 7.86. The summed E-state index contributed by atoms with van der Waals surface area (Å²) in [6, 6.07) is 0.413. The van der Waals surface area contributed by atoms with Crippen LogP contribution in [-0.4, -0.2) is 13.4 Å². The van der Waals surface area contributed by atoms with Crippen LogP contribution in [0.1, 0.15) is 0 Å². The lowest BCUT2D eigenvalue weighted by Crippen LogP contribution is -1.94. The van der Waals surface area contributed by atoms with Crippen LogP contribution in [0, 0.1) is 17.5 Å². The number of aromatic amines is 1. The molecule has 1 aromatic carbocycles. The van der Waals surface area contributed by atoms with E-state index in [0.29, 0.717) is 12.3 Å². The van der Waals surface area contributed by atoms with Gasteiger partial charge in [-0.2, -0.15) is 8.42 Å². The highest BCUT2D eigenvalue weighted by atomic mass is 32.3. The molecule has 2 aromatic rings. The Labute approximate surface area is 86.9 Å². The van der Waals surface area contributed by atoms with Gasteiger partial charge in [0.25, 0.3) is 0 Å². The molecule has 0 spiro atoms. The van der Waals surface area contributed by atoms with Crippen molar-refractivity contribution < 1.29 is 25.5 Å². The number of halogens is 4. The van der Waals surface area contributed by atoms with Crippen LogP contribution in [0.15, 0.2) is 17.2 Å². The molecule has 0 bridgehead atoms. The third kappa shape index (κ3) is 1.45. The lowest BCUT2D eigenvalue weighted by atomic mass is 10.2. The highest BCUT2D eigenvalue weighted by Crippen LogP contribution is 2.28. The van der Waals surface area contributed by atoms with E-state index in [2.05, 4.69) is 0 Å². The van der Waals surface area contributed by atoms with Gasteiger partial charge in [0.15, 0.2) is 17.5 Å². The molecule has 0 amide bonds. The van der Waals surface area contributed by atoms with Crippen molar-refractivity contribution in [2.75, 3.05) is 0 Å². The lowest BCUT2D eigenvalue weighted by molar-refractivity contribution is 0.453. The topological polar surface area (TPSA) is 49.9 Å². The lowest BCUT2D eigenvalue weighted by Gasteiger charge is -1.97. The molecule has 8 heteroatoms. The van der Waals surface area contributed by atoms with E-state index in [4.69, 9.17) is 0 Å². The molecule has 1 N–H and O–H groups in total. The quantitative estimate of drug-likeness (QED) is 0.481. The maximum absolute atomic E-state index is 13.1. The molecule has 16 heavy (non-hydrogen) atoms. The Bertz CT molecular complexity index is 677. The molecule has 1 heterocycles. The van der Waals surface area contributed by atoms with Gasteiger partial charge in [-0.25, -0.2) is 13.2 Å². The second-order valence-corrected chi connectivity index (χ2v) is 4.32. The summed E-state index contributed by atoms with van der Waals surface area (Å²) in [5, 5.41) is -0.570. The summed E-state index contributed by atoms with van der Waals surface area (Å²) in [5.41, 5.74) is -0.602. The van der Waals surface area contributed by atoms with E-state index in [1.165, 1.54) is 0 Å². The van der Waals surface area contributed by atoms with Gasteiger partial charge in [-0.15, -0.1) is 3.89 Å². The molecule has 2 rings (SSSR count). The fraction of sp³-hybridized carbons (Fsp3) is 0. The molecule has 0 fully saturated rings. The number of H-pyrrole nitrogens is 1. The average Bonchev–Trinajstić information content (AvgIpc) is 2.57. The van der Waals surface area contributed by atoms with Gasteiger partial charge < -0.3 is 4.98 Å². The largest absolute Gasteiger partial charge is 0.357 e. The van der Waals surface area contributed by atoms with Gasteiger partial charge in [-0.05, 0) is 6.07 Å². The molecule has 0 aliphatic heterocycles. The van der Waals surface area contributed by atoms with E-state index in [1.807, 2.05) is 4.98 Å². The first-order valence-electron chi connectivity index (χ1n) is 3.91. The molecule has 0 aliphatic carbocycles. The van der Waals surface area contributed by atoms with Crippen LogP contribution in [0.3, 0.4) is 0 Å². The van der Waals surface area contributed by atoms with Gasteiger partial charge in [-0.3, -0.25) is 0 Å². The van der Waals surface area contributed by atoms with Crippen molar-refractivity contribution in [3.63, 3.8) is 0 Å². The van der Waals surface area contributed by atoms with Crippen molar-refractivity contribution >= 4 is 21.1 Å². The molecule has 0 saturated heterocycles. The number of hydrogen-bond donors (Lipinski definition) is 1. The van der Waals surface area contributed by atoms with Gasteiger partial charge in [-0.1, -0.05) is 0 Å². The summed E-state index contributed by atoms with van der Waals surface area (Å²) in [4.78, 5) is 1.10. The van der Waals surface area contributed by atoms with Gasteiger partial charge >= 0.3 is 10.2 Å². The number of hydrogen-bond acceptors (Lipinski definition) is 2. The first-order valence-corrected chi connectivity index (χ1v) is 5.30. The summed E-state index contributed by atoms with van der Waals surface area (Å²) in [5.74, 6) is -4.93. The molecule has 3 nitrogen and oxygen atoms in total. The van der Waals surface area contributed by atoms with Gasteiger partial charge in [0.05, 0.1) is 5.52 Å². The SMILES string of the molecule is O=S(=O)(F)c1c[nH]c2c(F)c(F)c(F)cc12. The van der Waals surface area contributed by atoms with Crippen molar-refractivity contribution in [2.24, 2.45) is 0 Å². The van der Waals surface area contributed by atoms with Crippen LogP contribution in [0.4, 0.5) is 17.1 Å². The summed E-state index contributed by atoms with van der Waals surface area (Å²) < 4.78 is 72.5. The summed E-state index contributed by atoms with van der Waals surface area (Å²) in [6.45, 7) is 0. The number of aromatic nitrogens is 1. The van der Waals surface area contributed by atoms with E-state index >= 15 is 0 Å². The summed E-state index contributed by atoms with van der Waals surface area (Å²) >= 11 is 0. The first-order chi connectivity index (χ1) is 7.32. The van der Waals surface area contributed by atoms with E-state index in [1.54, 1.807) is 0 Å². The maximum atomic E-state index is 13.1. The molecule has 0 saturated carbocycles. The molecular weight excluding hydrogens is 250 g/mol. The third-order valence-corrected chi connectivity index (χ3v) is 2.90. The van der Waals surface area contributed by atoms with Crippen molar-refractivity contribution in [1.29, 1.82) is 0 Å². The minimum atomic E-state index is -5.12. The zero-order valence-corrected chi connectivity index (χ0v) is 8.21. The molecule has 0 unspecified atom stereocenters. The molecule has 0 radical (unpaired) electrons. The number of nitrogens with one attached hydrogen (secondary N) is 1. The third-order valence-electron chi connectivity index (χ3n) is 2.04. The average molecular weight is 253 g/mol. The normalized spacial score (nSPS) is 12.2. The molecular formula is C8H3F4NO2S. The number of fused-ring (bicyclic) bond motifs is 1. The second-order valence-electron chi connectivity index (χ2n) is 3.00. The fourth-order valence-electron chi connectivity index (χ4n) is 1.35. The Hall–Kier alpha value is -1.57. The minimum absolute atomic E-state index is 0.413. The smallest absolute Gasteiger partial charge is 0.334 e. The second kappa shape index (κ2) is 3.21. The minimum Gasteiger partial charge on any atom is -0.357 e. The Morgan fingerprint density at radius 3 is 2.31 bits per heavy atom. The van der Waals surface area contributed by atoms with E-state index in [-0.39, 0.29) is 0 Å². The van der Waals surface area contributed by atoms with Crippen LogP contribution < -0.4 is 0 Å². The van der Waals surface area contributed by atoms with Crippen LogP contribution in [0.2, 0.25) is 0 Å². The first kappa shape index (κ1) is 10.9. The summed E-state index contributed by atoms with van der Waals surface area (Å²) in [6.07, 6.45) is 0.627. The Morgan fingerprint density at radius 2 is 1.75 bits per heavy atom. The Balaban J connectivity index is 2.95. The van der Waals surface area contributed by atoms with Crippen molar-refractivity contribution in [2.45, 2.75) is 4.90 Å². The van der Waals surface area contributed by atoms with E-state index < -0.39 is 43.5 Å². The van der Waals surface area contributed by atoms with Crippen LogP contribution >= 0.6 is 0 Å². The van der Waals surface area contributed by atoms with Gasteiger partial charge in [0.2, 0.25) is 0 Å². The Morgan fingerprint density at radius 1 is 1.12 bits per heavy atom. The van der Waals surface area contributed by atoms with Gasteiger partial charge in [0.1, 0.15) is 4.90 Å². The molecule has 0 aliphatic rings. The van der Waals surface area contributed by atoms with Gasteiger partial charge in [0, 0.05) is 11.6 Å². The number of rotatable bonds is 1. The zero-order chi connectivity index (χ0) is 12.1. The van der Waals surface area contributed by atoms with Crippen LogP contribution in [-0.2, 0) is 10.2 Å². The van der Waals surface area contributed by atoms with E-state index in [9.17, 15) is 25.5 Å². The van der Waals surface area contributed by atoms with Crippen LogP contribution in [0.5, 0.6) is 0 Å². The van der Waals surface area contributed by atoms with Crippen molar-refractivity contribution in [3.8, 4) is 0 Å². The number of benzene rings is 1. The predicted octanol–water partition coefficient (Wildman–Crippen LogP) is 2.24. The molecule has 86 valence electrons. The fourth-order valence-corrected chi connectivity index (χ4v) is 1.97. The predicted molar refractivity (Wildman–Crippen MR) is 46.5 cm³/mol. The monoisotopic (exact) mass is 253 g/mol. The van der Waals surface area contributed by atoms with Crippen molar-refractivity contribution in [1.82, 2.24) is 4.98 Å². The van der Waals surface area contributed by atoms with E-state index in [0.717, 1.165) is 0 Å². The molecule has 1 aromatic heterocycles. The van der Waals surface area contributed by atoms with Crippen LogP contribution in [0.25, 0.3) is 10.9 Å². The standard InChI is InChI=1S/C8H3F4NO2S/c9-4-1-3-5(16(12,14)15)2-13-8(3)7(11)6(4)10/h1-2,13H. The highest BCUT2D eigenvalue weighted by Gasteiger charge is 2.23. The van der Waals surface area contributed by atoms with Crippen molar-refractivity contribution in [3.05, 3.63) is 29.7 Å². The summed E-state index contributed by atoms with van der Waals surface area (Å²) in [7, 11) is -5.12. The Kier molecular flexibility index (Phi) is 2.19. The zero-order valence-electron chi connectivity index (χ0n) is 7.39.